The van der Waals surface area contributed by atoms with Crippen LogP contribution in [0.2, 0.25) is 0 Å². The zero-order valence-corrected chi connectivity index (χ0v) is 27.4. The zero-order valence-electron chi connectivity index (χ0n) is 27.4. The Balaban J connectivity index is 1.36. The minimum absolute atomic E-state index is 0.721. The average Bonchev–Trinajstić information content (AvgIpc) is 3.21. The van der Waals surface area contributed by atoms with Crippen molar-refractivity contribution in [1.29, 1.82) is 0 Å². The lowest BCUT2D eigenvalue weighted by atomic mass is 9.81. The molecule has 2 nitrogen and oxygen atoms in total. The van der Waals surface area contributed by atoms with E-state index < -0.39 is 0 Å². The molecule has 9 rings (SSSR count). The first-order valence-electron chi connectivity index (χ1n) is 17.0. The van der Waals surface area contributed by atoms with Crippen LogP contribution in [0.5, 0.6) is 0 Å². The normalized spacial score (nSPS) is 11.2. The highest BCUT2D eigenvalue weighted by Gasteiger charge is 2.21. The summed E-state index contributed by atoms with van der Waals surface area (Å²) in [7, 11) is 0. The van der Waals surface area contributed by atoms with Crippen molar-refractivity contribution in [3.8, 4) is 67.0 Å². The number of rotatable bonds is 6. The van der Waals surface area contributed by atoms with Gasteiger partial charge in [-0.2, -0.15) is 0 Å². The molecule has 0 atom stereocenters. The third-order valence-corrected chi connectivity index (χ3v) is 9.60. The Morgan fingerprint density at radius 2 is 0.660 bits per heavy atom. The van der Waals surface area contributed by atoms with Gasteiger partial charge in [0, 0.05) is 23.5 Å². The van der Waals surface area contributed by atoms with E-state index in [4.69, 9.17) is 9.97 Å². The Labute approximate surface area is 292 Å². The number of nitrogens with zero attached hydrogens (tertiary/aromatic N) is 2. The molecule has 1 aromatic heterocycles. The summed E-state index contributed by atoms with van der Waals surface area (Å²) in [6.45, 7) is 0. The van der Waals surface area contributed by atoms with Gasteiger partial charge in [0.15, 0.2) is 5.82 Å². The average molecular weight is 637 g/mol. The molecule has 0 aliphatic heterocycles. The third-order valence-electron chi connectivity index (χ3n) is 9.60. The highest BCUT2D eigenvalue weighted by Crippen LogP contribution is 2.48. The summed E-state index contributed by atoms with van der Waals surface area (Å²) in [5.74, 6) is 0.721. The monoisotopic (exact) mass is 636 g/mol. The number of fused-ring (bicyclic) bond motifs is 2. The Kier molecular flexibility index (Phi) is 7.53. The van der Waals surface area contributed by atoms with Gasteiger partial charge in [-0.1, -0.05) is 176 Å². The van der Waals surface area contributed by atoms with Crippen LogP contribution in [0.3, 0.4) is 0 Å². The smallest absolute Gasteiger partial charge is 0.159 e. The van der Waals surface area contributed by atoms with Gasteiger partial charge in [0.25, 0.3) is 0 Å². The Morgan fingerprint density at radius 3 is 1.18 bits per heavy atom. The topological polar surface area (TPSA) is 25.8 Å². The van der Waals surface area contributed by atoms with Crippen molar-refractivity contribution in [2.45, 2.75) is 0 Å². The molecule has 9 aromatic rings. The van der Waals surface area contributed by atoms with E-state index in [9.17, 15) is 0 Å². The van der Waals surface area contributed by atoms with E-state index >= 15 is 0 Å². The Bertz CT molecular complexity index is 2610. The SMILES string of the molecule is c1ccc(-c2ncc(-c3ccc4c(-c5ccccc5-c5ccccc5)c5ccccc5c(-c5ccccc5-c5ccccc5)c4c3)cn2)cc1. The van der Waals surface area contributed by atoms with E-state index in [1.807, 2.05) is 42.7 Å². The Morgan fingerprint density at radius 1 is 0.260 bits per heavy atom. The van der Waals surface area contributed by atoms with Crippen molar-refractivity contribution >= 4 is 21.5 Å². The molecule has 0 radical (unpaired) electrons. The molecule has 0 aliphatic carbocycles. The third kappa shape index (κ3) is 5.24. The maximum Gasteiger partial charge on any atom is 0.159 e. The fraction of sp³-hybridized carbons (Fsp3) is 0. The van der Waals surface area contributed by atoms with Gasteiger partial charge in [-0.25, -0.2) is 9.97 Å². The van der Waals surface area contributed by atoms with Crippen molar-refractivity contribution in [1.82, 2.24) is 9.97 Å². The van der Waals surface area contributed by atoms with Crippen LogP contribution in [-0.4, -0.2) is 9.97 Å². The molecule has 0 N–H and O–H groups in total. The van der Waals surface area contributed by atoms with Gasteiger partial charge < -0.3 is 0 Å². The second-order valence-electron chi connectivity index (χ2n) is 12.5. The molecule has 1 heterocycles. The fourth-order valence-corrected chi connectivity index (χ4v) is 7.29. The second-order valence-corrected chi connectivity index (χ2v) is 12.5. The zero-order chi connectivity index (χ0) is 33.3. The number of hydrogen-bond acceptors (Lipinski definition) is 2. The summed E-state index contributed by atoms with van der Waals surface area (Å²) < 4.78 is 0. The van der Waals surface area contributed by atoms with Crippen molar-refractivity contribution in [2.24, 2.45) is 0 Å². The summed E-state index contributed by atoms with van der Waals surface area (Å²) in [5, 5.41) is 4.84. The van der Waals surface area contributed by atoms with Crippen molar-refractivity contribution in [2.75, 3.05) is 0 Å². The van der Waals surface area contributed by atoms with Crippen molar-refractivity contribution < 1.29 is 0 Å². The molecule has 8 aromatic carbocycles. The van der Waals surface area contributed by atoms with Crippen molar-refractivity contribution in [3.63, 3.8) is 0 Å². The molecule has 234 valence electrons. The van der Waals surface area contributed by atoms with Gasteiger partial charge in [-0.3, -0.25) is 0 Å². The molecule has 0 saturated heterocycles. The molecule has 0 amide bonds. The highest BCUT2D eigenvalue weighted by molar-refractivity contribution is 6.23. The lowest BCUT2D eigenvalue weighted by Gasteiger charge is -2.21. The van der Waals surface area contributed by atoms with Crippen molar-refractivity contribution in [3.05, 3.63) is 194 Å². The van der Waals surface area contributed by atoms with E-state index in [0.29, 0.717) is 0 Å². The molecule has 0 unspecified atom stereocenters. The quantitative estimate of drug-likeness (QED) is 0.170. The van der Waals surface area contributed by atoms with Crippen LogP contribution in [0.4, 0.5) is 0 Å². The van der Waals surface area contributed by atoms with Crippen LogP contribution < -0.4 is 0 Å². The summed E-state index contributed by atoms with van der Waals surface area (Å²) in [6.07, 6.45) is 3.89. The summed E-state index contributed by atoms with van der Waals surface area (Å²) in [4.78, 5) is 9.58. The van der Waals surface area contributed by atoms with E-state index in [-0.39, 0.29) is 0 Å². The van der Waals surface area contributed by atoms with Gasteiger partial charge in [0.05, 0.1) is 0 Å². The van der Waals surface area contributed by atoms with Gasteiger partial charge in [-0.05, 0) is 77.7 Å². The van der Waals surface area contributed by atoms with Crippen LogP contribution in [0.25, 0.3) is 88.6 Å². The van der Waals surface area contributed by atoms with Gasteiger partial charge in [0.2, 0.25) is 0 Å². The van der Waals surface area contributed by atoms with E-state index in [1.165, 1.54) is 66.1 Å². The highest BCUT2D eigenvalue weighted by atomic mass is 14.9. The Hall–Kier alpha value is -6.64. The summed E-state index contributed by atoms with van der Waals surface area (Å²) in [6, 6.07) is 64.9. The molecule has 0 fully saturated rings. The minimum Gasteiger partial charge on any atom is -0.236 e. The predicted molar refractivity (Wildman–Crippen MR) is 210 cm³/mol. The fourth-order valence-electron chi connectivity index (χ4n) is 7.29. The van der Waals surface area contributed by atoms with Crippen LogP contribution in [0, 0.1) is 0 Å². The number of benzene rings is 8. The first-order chi connectivity index (χ1) is 24.8. The van der Waals surface area contributed by atoms with Crippen LogP contribution in [0.15, 0.2) is 194 Å². The van der Waals surface area contributed by atoms with Crippen LogP contribution in [-0.2, 0) is 0 Å². The standard InChI is InChI=1S/C48H32N2/c1-4-16-33(17-5-1)38-22-10-12-24-40(38)46-42-26-14-15-27-43(42)47(41-25-13-11-23-39(41)34-18-6-2-7-19-34)45-30-36(28-29-44(45)46)37-31-49-48(50-32-37)35-20-8-3-9-21-35/h1-32H. The van der Waals surface area contributed by atoms with E-state index in [2.05, 4.69) is 152 Å². The second kappa shape index (κ2) is 12.8. The number of aromatic nitrogens is 2. The predicted octanol–water partition coefficient (Wildman–Crippen LogP) is 12.8. The molecule has 2 heteroatoms. The first-order valence-corrected chi connectivity index (χ1v) is 17.0. The maximum absolute atomic E-state index is 4.79. The lowest BCUT2D eigenvalue weighted by molar-refractivity contribution is 1.18. The van der Waals surface area contributed by atoms with Crippen LogP contribution >= 0.6 is 0 Å². The van der Waals surface area contributed by atoms with Gasteiger partial charge in [0.1, 0.15) is 0 Å². The van der Waals surface area contributed by atoms with Crippen LogP contribution in [0.1, 0.15) is 0 Å². The summed E-state index contributed by atoms with van der Waals surface area (Å²) >= 11 is 0. The molecule has 50 heavy (non-hydrogen) atoms. The molecular weight excluding hydrogens is 605 g/mol. The first kappa shape index (κ1) is 29.5. The van der Waals surface area contributed by atoms with E-state index in [0.717, 1.165) is 22.5 Å². The number of hydrogen-bond donors (Lipinski definition) is 0. The summed E-state index contributed by atoms with van der Waals surface area (Å²) in [5.41, 5.74) is 12.8. The molecule has 0 saturated carbocycles. The van der Waals surface area contributed by atoms with Gasteiger partial charge in [-0.15, -0.1) is 0 Å². The largest absolute Gasteiger partial charge is 0.236 e. The molecule has 0 spiro atoms. The van der Waals surface area contributed by atoms with Gasteiger partial charge >= 0.3 is 0 Å². The molecular formula is C48H32N2. The minimum atomic E-state index is 0.721. The maximum atomic E-state index is 4.79. The van der Waals surface area contributed by atoms with E-state index in [1.54, 1.807) is 0 Å². The molecule has 0 bridgehead atoms. The molecule has 0 aliphatic rings. The lowest BCUT2D eigenvalue weighted by Crippen LogP contribution is -1.95.